The van der Waals surface area contributed by atoms with Crippen LogP contribution in [-0.2, 0) is 49.1 Å². The quantitative estimate of drug-likeness (QED) is 0.154. The van der Waals surface area contributed by atoms with E-state index in [0.717, 1.165) is 42.5 Å². The molecule has 4 aromatic rings. The van der Waals surface area contributed by atoms with E-state index < -0.39 is 20.0 Å². The molecule has 0 atom stereocenters. The summed E-state index contributed by atoms with van der Waals surface area (Å²) in [6.07, 6.45) is 6.37. The Balaban J connectivity index is 0.000000183. The monoisotopic (exact) mass is 927 g/mol. The van der Waals surface area contributed by atoms with Crippen LogP contribution in [0, 0.1) is 11.8 Å². The lowest BCUT2D eigenvalue weighted by Crippen LogP contribution is -2.25. The number of benzene rings is 2. The van der Waals surface area contributed by atoms with Gasteiger partial charge in [0.1, 0.15) is 10.9 Å². The fraction of sp³-hybridized carbons (Fsp3) is 0.366. The fourth-order valence-corrected chi connectivity index (χ4v) is 8.06. The molecule has 0 saturated heterocycles. The number of carbonyl (C=O) groups excluding carboxylic acids is 4. The Morgan fingerprint density at radius 3 is 1.74 bits per heavy atom. The number of nitrogens with two attached hydrogens (primary N) is 1. The van der Waals surface area contributed by atoms with Crippen molar-refractivity contribution in [2.45, 2.75) is 45.2 Å². The first kappa shape index (κ1) is 46.0. The van der Waals surface area contributed by atoms with Gasteiger partial charge in [0, 0.05) is 51.5 Å². The second kappa shape index (κ2) is 18.1. The third-order valence-corrected chi connectivity index (χ3v) is 13.4. The molecule has 2 aromatic heterocycles. The first-order chi connectivity index (χ1) is 29.0. The van der Waals surface area contributed by atoms with Crippen molar-refractivity contribution >= 4 is 101 Å². The van der Waals surface area contributed by atoms with E-state index in [0.29, 0.717) is 80.4 Å². The smallest absolute Gasteiger partial charge is 0.257 e. The average Bonchev–Trinajstić information content (AvgIpc) is 4.12. The van der Waals surface area contributed by atoms with Crippen LogP contribution in [0.2, 0.25) is 10.2 Å². The van der Waals surface area contributed by atoms with Crippen LogP contribution in [0.4, 0.5) is 34.1 Å². The molecule has 62 heavy (non-hydrogen) atoms. The number of primary amides is 1. The number of hydrogen-bond donors (Lipinski definition) is 3. The zero-order chi connectivity index (χ0) is 45.4. The van der Waals surface area contributed by atoms with Gasteiger partial charge in [-0.1, -0.05) is 35.3 Å². The van der Waals surface area contributed by atoms with Crippen LogP contribution in [0.15, 0.2) is 54.6 Å². The number of hydrogen-bond acceptors (Lipinski definition) is 12. The molecule has 330 valence electrons. The molecule has 8 rings (SSSR count). The van der Waals surface area contributed by atoms with Crippen molar-refractivity contribution in [2.75, 3.05) is 59.9 Å². The van der Waals surface area contributed by atoms with E-state index in [9.17, 15) is 36.0 Å². The van der Waals surface area contributed by atoms with Crippen molar-refractivity contribution in [1.82, 2.24) is 19.8 Å². The summed E-state index contributed by atoms with van der Waals surface area (Å²) in [5.41, 5.74) is 10.3. The maximum atomic E-state index is 12.7. The molecule has 0 radical (unpaired) electrons. The second-order valence-corrected chi connectivity index (χ2v) is 20.5. The van der Waals surface area contributed by atoms with Gasteiger partial charge >= 0.3 is 0 Å². The molecular weight excluding hydrogens is 882 g/mol. The molecule has 4 aliphatic rings. The number of nitrogens with zero attached hydrogens (tertiary/aromatic N) is 6. The molecule has 0 bridgehead atoms. The summed E-state index contributed by atoms with van der Waals surface area (Å²) in [6.45, 7) is 0.735. The van der Waals surface area contributed by atoms with Gasteiger partial charge < -0.3 is 26.2 Å². The highest BCUT2D eigenvalue weighted by atomic mass is 35.5. The van der Waals surface area contributed by atoms with E-state index in [4.69, 9.17) is 28.9 Å². The van der Waals surface area contributed by atoms with Crippen molar-refractivity contribution in [2.24, 2.45) is 17.6 Å². The molecule has 17 nitrogen and oxygen atoms in total. The third kappa shape index (κ3) is 10.7. The molecule has 3 amide bonds. The number of aromatic nitrogens is 2. The molecule has 2 aromatic carbocycles. The Labute approximate surface area is 370 Å². The summed E-state index contributed by atoms with van der Waals surface area (Å²) in [5.74, 6) is 0.0702. The van der Waals surface area contributed by atoms with Crippen molar-refractivity contribution in [3.8, 4) is 0 Å². The lowest BCUT2D eigenvalue weighted by atomic mass is 10.1. The largest absolute Gasteiger partial charge is 0.369 e. The summed E-state index contributed by atoms with van der Waals surface area (Å²) in [7, 11) is -0.693. The zero-order valence-electron chi connectivity index (χ0n) is 34.9. The van der Waals surface area contributed by atoms with Crippen LogP contribution in [0.25, 0.3) is 0 Å². The molecule has 2 aliphatic heterocycles. The second-order valence-electron chi connectivity index (χ2n) is 15.6. The predicted octanol–water partition coefficient (Wildman–Crippen LogP) is 5.32. The summed E-state index contributed by atoms with van der Waals surface area (Å²) in [6, 6.07) is 15.0. The summed E-state index contributed by atoms with van der Waals surface area (Å²) < 4.78 is 50.3. The number of para-hydroxylation sites is 2. The topological polar surface area (TPSA) is 225 Å². The number of ketones is 1. The molecule has 2 saturated carbocycles. The summed E-state index contributed by atoms with van der Waals surface area (Å²) >= 11 is 12.1. The molecule has 2 aliphatic carbocycles. The van der Waals surface area contributed by atoms with Crippen LogP contribution in [-0.4, -0.2) is 101 Å². The van der Waals surface area contributed by atoms with Gasteiger partial charge in [0.2, 0.25) is 26.0 Å². The van der Waals surface area contributed by atoms with Crippen LogP contribution < -0.4 is 25.0 Å². The Morgan fingerprint density at radius 1 is 0.726 bits per heavy atom. The number of nitrogens with one attached hydrogen (secondary N) is 2. The number of Topliss-reactive ketones (excluding diaryl/α,β-unsaturated/α-hetero) is 1. The van der Waals surface area contributed by atoms with E-state index in [1.54, 1.807) is 61.5 Å². The van der Waals surface area contributed by atoms with Crippen molar-refractivity contribution in [3.05, 3.63) is 93.0 Å². The predicted molar refractivity (Wildman–Crippen MR) is 239 cm³/mol. The van der Waals surface area contributed by atoms with Gasteiger partial charge in [0.25, 0.3) is 11.8 Å². The van der Waals surface area contributed by atoms with E-state index in [-0.39, 0.29) is 46.9 Å². The minimum Gasteiger partial charge on any atom is -0.369 e. The van der Waals surface area contributed by atoms with Crippen LogP contribution in [0.3, 0.4) is 0 Å². The lowest BCUT2D eigenvalue weighted by molar-refractivity contribution is -0.120. The highest BCUT2D eigenvalue weighted by Gasteiger charge is 2.34. The van der Waals surface area contributed by atoms with Gasteiger partial charge in [0.05, 0.1) is 87.9 Å². The normalized spacial score (nSPS) is 15.4. The molecular formula is C41H47Cl2N9O8S2. The maximum absolute atomic E-state index is 12.7. The molecule has 2 fully saturated rings. The number of carbonyl (C=O) groups is 4. The molecule has 0 unspecified atom stereocenters. The SMILES string of the molecule is CN1Cc2nc(CC(=O)C3CC3)cc(Nc3ccccc3N(C)S(C)(=O)=O)c2C1=O.CN1Cc2nc(Cl)cc(Nc3ccc(Cl)cc3N(C)S(C)(=O)=O)c2C1=O.NC(=O)C1CC1. The van der Waals surface area contributed by atoms with E-state index in [1.807, 2.05) is 0 Å². The average molecular weight is 929 g/mol. The van der Waals surface area contributed by atoms with Gasteiger partial charge in [-0.3, -0.25) is 32.8 Å². The number of anilines is 6. The van der Waals surface area contributed by atoms with Gasteiger partial charge in [-0.15, -0.1) is 0 Å². The summed E-state index contributed by atoms with van der Waals surface area (Å²) in [4.78, 5) is 59.3. The number of halogens is 2. The first-order valence-electron chi connectivity index (χ1n) is 19.4. The first-order valence-corrected chi connectivity index (χ1v) is 23.8. The highest BCUT2D eigenvalue weighted by molar-refractivity contribution is 7.92. The molecule has 21 heteroatoms. The van der Waals surface area contributed by atoms with Crippen molar-refractivity contribution in [1.29, 1.82) is 0 Å². The third-order valence-electron chi connectivity index (χ3n) is 10.5. The number of amides is 3. The Morgan fingerprint density at radius 2 is 1.23 bits per heavy atom. The lowest BCUT2D eigenvalue weighted by Gasteiger charge is -2.22. The van der Waals surface area contributed by atoms with Gasteiger partial charge in [-0.2, -0.15) is 0 Å². The standard InChI is InChI=1S/C21H24N4O4S.C16H16Cl2N4O3S.C4H7NO/c1-24-12-17-20(21(24)27)16(10-14(22-17)11-19(26)13-8-9-13)23-15-6-4-5-7-18(15)25(2)30(3,28)29;1-21-8-12-15(16(21)23)11(7-14(18)20-12)19-10-5-4-9(17)6-13(10)22(2)26(3,24)25;5-4(6)3-1-2-3/h4-7,10,13H,8-9,11-12H2,1-3H3,(H,22,23);4-7H,8H2,1-3H3,(H,19,20);3H,1-2H2,(H2,5,6). The van der Waals surface area contributed by atoms with Crippen LogP contribution in [0.5, 0.6) is 0 Å². The Bertz CT molecular complexity index is 2690. The van der Waals surface area contributed by atoms with Crippen molar-refractivity contribution < 1.29 is 36.0 Å². The van der Waals surface area contributed by atoms with Crippen molar-refractivity contribution in [3.63, 3.8) is 0 Å². The fourth-order valence-electron chi connectivity index (χ4n) is 6.66. The van der Waals surface area contributed by atoms with Gasteiger partial charge in [-0.25, -0.2) is 21.8 Å². The van der Waals surface area contributed by atoms with Gasteiger partial charge in [0.15, 0.2) is 0 Å². The zero-order valence-corrected chi connectivity index (χ0v) is 38.0. The minimum atomic E-state index is -3.51. The molecule has 4 heterocycles. The number of rotatable bonds is 12. The van der Waals surface area contributed by atoms with Crippen LogP contribution in [0.1, 0.15) is 63.5 Å². The Hall–Kier alpha value is -5.50. The highest BCUT2D eigenvalue weighted by Crippen LogP contribution is 2.38. The maximum Gasteiger partial charge on any atom is 0.257 e. The minimum absolute atomic E-state index is 0.130. The summed E-state index contributed by atoms with van der Waals surface area (Å²) in [5, 5.41) is 6.96. The van der Waals surface area contributed by atoms with E-state index in [2.05, 4.69) is 20.6 Å². The number of sulfonamides is 2. The van der Waals surface area contributed by atoms with Crippen LogP contribution >= 0.6 is 23.2 Å². The molecule has 4 N–H and O–H groups in total. The van der Waals surface area contributed by atoms with E-state index in [1.165, 1.54) is 35.4 Å². The molecule has 0 spiro atoms. The Kier molecular flexibility index (Phi) is 13.4. The van der Waals surface area contributed by atoms with Gasteiger partial charge in [-0.05, 0) is 68.1 Å². The number of pyridine rings is 2. The number of fused-ring (bicyclic) bond motifs is 2. The van der Waals surface area contributed by atoms with E-state index >= 15 is 0 Å².